The molecule has 0 amide bonds. The summed E-state index contributed by atoms with van der Waals surface area (Å²) in [4.78, 5) is 10.5. The number of rotatable bonds is 9. The van der Waals surface area contributed by atoms with E-state index in [9.17, 15) is 18.0 Å². The zero-order chi connectivity index (χ0) is 18.3. The van der Waals surface area contributed by atoms with Gasteiger partial charge in [0, 0.05) is 16.4 Å². The maximum absolute atomic E-state index is 13.2. The predicted octanol–water partition coefficient (Wildman–Crippen LogP) is 5.15. The molecule has 0 aliphatic heterocycles. The minimum absolute atomic E-state index is 0.0135. The van der Waals surface area contributed by atoms with Crippen LogP contribution in [0.15, 0.2) is 18.2 Å². The third-order valence-corrected chi connectivity index (χ3v) is 4.41. The van der Waals surface area contributed by atoms with Crippen LogP contribution in [0, 0.1) is 0 Å². The Balaban J connectivity index is 2.84. The van der Waals surface area contributed by atoms with E-state index in [0.717, 1.165) is 12.5 Å². The van der Waals surface area contributed by atoms with Crippen molar-refractivity contribution in [2.45, 2.75) is 49.5 Å². The molecule has 1 aromatic rings. The van der Waals surface area contributed by atoms with Gasteiger partial charge in [-0.25, -0.2) is 0 Å². The third kappa shape index (κ3) is 7.18. The van der Waals surface area contributed by atoms with Gasteiger partial charge in [-0.15, -0.1) is 23.2 Å². The first-order valence-corrected chi connectivity index (χ1v) is 8.44. The van der Waals surface area contributed by atoms with Crippen LogP contribution in [0.1, 0.15) is 37.3 Å². The van der Waals surface area contributed by atoms with Crippen LogP contribution in [0.5, 0.6) is 0 Å². The van der Waals surface area contributed by atoms with Gasteiger partial charge in [0.2, 0.25) is 0 Å². The summed E-state index contributed by atoms with van der Waals surface area (Å²) in [7, 11) is 0. The molecular formula is C16H20Cl2F3NO2. The molecule has 3 nitrogen and oxygen atoms in total. The summed E-state index contributed by atoms with van der Waals surface area (Å²) in [5, 5.41) is 10.6. The smallest absolute Gasteiger partial charge is 0.418 e. The molecule has 0 aliphatic carbocycles. The van der Waals surface area contributed by atoms with Crippen molar-refractivity contribution in [3.8, 4) is 0 Å². The quantitative estimate of drug-likeness (QED) is 0.577. The molecule has 0 spiro atoms. The first-order chi connectivity index (χ1) is 11.1. The summed E-state index contributed by atoms with van der Waals surface area (Å²) in [6.45, 7) is 1.37. The summed E-state index contributed by atoms with van der Waals surface area (Å²) in [5.41, 5.74) is -0.703. The zero-order valence-electron chi connectivity index (χ0n) is 13.2. The van der Waals surface area contributed by atoms with Crippen LogP contribution in [0.25, 0.3) is 0 Å². The molecule has 0 fully saturated rings. The lowest BCUT2D eigenvalue weighted by molar-refractivity contribution is -0.138. The summed E-state index contributed by atoms with van der Waals surface area (Å²) in [6, 6.07) is 3.77. The lowest BCUT2D eigenvalue weighted by Gasteiger charge is -2.17. The van der Waals surface area contributed by atoms with E-state index in [1.54, 1.807) is 0 Å². The first-order valence-electron chi connectivity index (χ1n) is 7.57. The minimum atomic E-state index is -4.58. The maximum Gasteiger partial charge on any atom is 0.418 e. The van der Waals surface area contributed by atoms with Crippen LogP contribution in [-0.4, -0.2) is 28.4 Å². The zero-order valence-corrected chi connectivity index (χ0v) is 14.7. The van der Waals surface area contributed by atoms with Crippen molar-refractivity contribution in [2.24, 2.45) is 0 Å². The molecule has 0 heterocycles. The monoisotopic (exact) mass is 385 g/mol. The molecular weight excluding hydrogens is 366 g/mol. The van der Waals surface area contributed by atoms with Crippen LogP contribution < -0.4 is 5.32 Å². The molecule has 2 atom stereocenters. The molecule has 0 saturated heterocycles. The van der Waals surface area contributed by atoms with E-state index in [-0.39, 0.29) is 22.9 Å². The van der Waals surface area contributed by atoms with Crippen molar-refractivity contribution >= 4 is 34.9 Å². The Morgan fingerprint density at radius 2 is 1.88 bits per heavy atom. The van der Waals surface area contributed by atoms with E-state index in [2.05, 4.69) is 5.32 Å². The highest BCUT2D eigenvalue weighted by Crippen LogP contribution is 2.36. The number of benzene rings is 1. The van der Waals surface area contributed by atoms with Crippen LogP contribution in [0.4, 0.5) is 18.9 Å². The van der Waals surface area contributed by atoms with Crippen molar-refractivity contribution in [1.29, 1.82) is 0 Å². The van der Waals surface area contributed by atoms with Gasteiger partial charge in [-0.3, -0.25) is 4.79 Å². The molecule has 2 unspecified atom stereocenters. The molecule has 8 heteroatoms. The van der Waals surface area contributed by atoms with Gasteiger partial charge in [-0.05, 0) is 43.4 Å². The Labute approximate surface area is 149 Å². The molecule has 136 valence electrons. The van der Waals surface area contributed by atoms with Gasteiger partial charge < -0.3 is 10.4 Å². The van der Waals surface area contributed by atoms with Gasteiger partial charge in [0.25, 0.3) is 0 Å². The number of hydrogen-bond donors (Lipinski definition) is 2. The van der Waals surface area contributed by atoms with Crippen LogP contribution in [0.2, 0.25) is 0 Å². The average molecular weight is 386 g/mol. The number of carbonyl (C=O) groups is 1. The fourth-order valence-corrected chi connectivity index (χ4v) is 2.63. The largest absolute Gasteiger partial charge is 0.480 e. The predicted molar refractivity (Wildman–Crippen MR) is 90.1 cm³/mol. The number of carboxylic acids is 1. The standard InChI is InChI=1S/C16H20Cl2F3NO2/c1-2-11(17)4-5-12(18)7-10-3-6-14(22-9-15(23)24)13(8-10)16(19,20)21/h3,6,8,11-12,22H,2,4-5,7,9H2,1H3,(H,23,24). The summed E-state index contributed by atoms with van der Waals surface area (Å²) in [6.07, 6.45) is -2.16. The Morgan fingerprint density at radius 1 is 1.25 bits per heavy atom. The number of nitrogens with one attached hydrogen (secondary N) is 1. The first kappa shape index (κ1) is 20.9. The Bertz CT molecular complexity index is 553. The SMILES string of the molecule is CCC(Cl)CCC(Cl)Cc1ccc(NCC(=O)O)c(C(F)(F)F)c1. The van der Waals surface area contributed by atoms with E-state index in [1.165, 1.54) is 12.1 Å². The Morgan fingerprint density at radius 3 is 2.42 bits per heavy atom. The topological polar surface area (TPSA) is 49.3 Å². The molecule has 24 heavy (non-hydrogen) atoms. The van der Waals surface area contributed by atoms with E-state index in [0.29, 0.717) is 18.4 Å². The fourth-order valence-electron chi connectivity index (χ4n) is 2.20. The Hall–Kier alpha value is -1.14. The highest BCUT2D eigenvalue weighted by atomic mass is 35.5. The van der Waals surface area contributed by atoms with Gasteiger partial charge in [-0.2, -0.15) is 13.2 Å². The van der Waals surface area contributed by atoms with Gasteiger partial charge >= 0.3 is 12.1 Å². The van der Waals surface area contributed by atoms with Crippen LogP contribution in [-0.2, 0) is 17.4 Å². The highest BCUT2D eigenvalue weighted by molar-refractivity contribution is 6.21. The summed E-state index contributed by atoms with van der Waals surface area (Å²) >= 11 is 12.2. The van der Waals surface area contributed by atoms with Crippen molar-refractivity contribution in [2.75, 3.05) is 11.9 Å². The molecule has 0 bridgehead atoms. The lowest BCUT2D eigenvalue weighted by atomic mass is 10.0. The van der Waals surface area contributed by atoms with Crippen LogP contribution >= 0.6 is 23.2 Å². The molecule has 0 aromatic heterocycles. The second-order valence-electron chi connectivity index (χ2n) is 5.51. The van der Waals surface area contributed by atoms with E-state index in [1.807, 2.05) is 6.92 Å². The highest BCUT2D eigenvalue weighted by Gasteiger charge is 2.34. The average Bonchev–Trinajstić information content (AvgIpc) is 2.50. The van der Waals surface area contributed by atoms with Crippen molar-refractivity contribution in [1.82, 2.24) is 0 Å². The number of aliphatic carboxylic acids is 1. The van der Waals surface area contributed by atoms with E-state index in [4.69, 9.17) is 28.3 Å². The number of anilines is 1. The minimum Gasteiger partial charge on any atom is -0.480 e. The van der Waals surface area contributed by atoms with Crippen molar-refractivity contribution < 1.29 is 23.1 Å². The number of carboxylic acid groups (broad SMARTS) is 1. The lowest BCUT2D eigenvalue weighted by Crippen LogP contribution is -2.17. The van der Waals surface area contributed by atoms with Crippen LogP contribution in [0.3, 0.4) is 0 Å². The number of hydrogen-bond acceptors (Lipinski definition) is 2. The molecule has 0 radical (unpaired) electrons. The molecule has 0 aliphatic rings. The van der Waals surface area contributed by atoms with Gasteiger partial charge in [0.1, 0.15) is 6.54 Å². The summed E-state index contributed by atoms with van der Waals surface area (Å²) in [5.74, 6) is -1.24. The maximum atomic E-state index is 13.2. The van der Waals surface area contributed by atoms with Gasteiger partial charge in [0.15, 0.2) is 0 Å². The summed E-state index contributed by atoms with van der Waals surface area (Å²) < 4.78 is 39.5. The third-order valence-electron chi connectivity index (χ3n) is 3.51. The van der Waals surface area contributed by atoms with Gasteiger partial charge in [-0.1, -0.05) is 13.0 Å². The number of halogens is 5. The fraction of sp³-hybridized carbons (Fsp3) is 0.562. The van der Waals surface area contributed by atoms with Crippen molar-refractivity contribution in [3.63, 3.8) is 0 Å². The second-order valence-corrected chi connectivity index (χ2v) is 6.74. The molecule has 2 N–H and O–H groups in total. The molecule has 1 aromatic carbocycles. The van der Waals surface area contributed by atoms with Crippen molar-refractivity contribution in [3.05, 3.63) is 29.3 Å². The molecule has 0 saturated carbocycles. The Kier molecular flexibility index (Phi) is 8.16. The number of alkyl halides is 5. The van der Waals surface area contributed by atoms with E-state index >= 15 is 0 Å². The normalized spacial score (nSPS) is 14.2. The van der Waals surface area contributed by atoms with E-state index < -0.39 is 24.3 Å². The van der Waals surface area contributed by atoms with Gasteiger partial charge in [0.05, 0.1) is 5.56 Å². The second kappa shape index (κ2) is 9.37. The molecule has 1 rings (SSSR count).